The van der Waals surface area contributed by atoms with Crippen molar-refractivity contribution in [3.8, 4) is 0 Å². The van der Waals surface area contributed by atoms with Crippen molar-refractivity contribution in [3.05, 3.63) is 24.5 Å². The molecule has 154 valence electrons. The van der Waals surface area contributed by atoms with Crippen molar-refractivity contribution in [3.63, 3.8) is 0 Å². The monoisotopic (exact) mass is 383 g/mol. The smallest absolute Gasteiger partial charge is 0.0817 e. The molecule has 1 N–H and O–H groups in total. The van der Waals surface area contributed by atoms with Crippen molar-refractivity contribution in [2.45, 2.75) is 83.8 Å². The molecule has 4 aliphatic rings. The van der Waals surface area contributed by atoms with Crippen LogP contribution in [-0.2, 0) is 6.54 Å². The summed E-state index contributed by atoms with van der Waals surface area (Å²) in [5.74, 6) is 4.94. The lowest BCUT2D eigenvalue weighted by Crippen LogP contribution is -2.50. The topological polar surface area (TPSA) is 50.9 Å². The number of hydrogen-bond donors (Lipinski definition) is 1. The molecule has 1 heterocycles. The maximum absolute atomic E-state index is 10.6. The third kappa shape index (κ3) is 2.98. The molecule has 0 spiro atoms. The van der Waals surface area contributed by atoms with E-state index < -0.39 is 5.60 Å². The van der Waals surface area contributed by atoms with Crippen LogP contribution in [0.3, 0.4) is 0 Å². The Balaban J connectivity index is 1.32. The summed E-state index contributed by atoms with van der Waals surface area (Å²) in [6.07, 6.45) is 15.0. The van der Waals surface area contributed by atoms with E-state index in [1.807, 2.05) is 0 Å². The van der Waals surface area contributed by atoms with Gasteiger partial charge in [0.25, 0.3) is 0 Å². The number of hydrogen-bond acceptors (Lipinski definition) is 3. The Morgan fingerprint density at radius 3 is 2.54 bits per heavy atom. The molecule has 4 heteroatoms. The SMILES string of the molecule is C=C(Cn1nccn1)[C@H]1CC[C@H]2[C@@H]3CC[C@H]4C[C@](C)(O)CC[C@@H]4[C@H]3CC[C@]12C. The first-order valence-electron chi connectivity index (χ1n) is 11.6. The van der Waals surface area contributed by atoms with E-state index in [1.54, 1.807) is 17.2 Å². The number of rotatable bonds is 3. The van der Waals surface area contributed by atoms with Gasteiger partial charge in [0.2, 0.25) is 0 Å². The second kappa shape index (κ2) is 6.68. The van der Waals surface area contributed by atoms with Gasteiger partial charge in [-0.05, 0) is 106 Å². The second-order valence-electron chi connectivity index (χ2n) is 11.1. The third-order valence-corrected chi connectivity index (χ3v) is 9.54. The van der Waals surface area contributed by atoms with Gasteiger partial charge < -0.3 is 5.11 Å². The minimum absolute atomic E-state index is 0.409. The van der Waals surface area contributed by atoms with E-state index in [9.17, 15) is 5.11 Å². The highest BCUT2D eigenvalue weighted by atomic mass is 16.3. The van der Waals surface area contributed by atoms with Crippen molar-refractivity contribution in [1.29, 1.82) is 0 Å². The van der Waals surface area contributed by atoms with Crippen molar-refractivity contribution >= 4 is 0 Å². The van der Waals surface area contributed by atoms with Gasteiger partial charge in [0.15, 0.2) is 0 Å². The highest BCUT2D eigenvalue weighted by molar-refractivity contribution is 5.15. The van der Waals surface area contributed by atoms with Crippen LogP contribution in [0.4, 0.5) is 0 Å². The van der Waals surface area contributed by atoms with Crippen LogP contribution in [0, 0.1) is 40.9 Å². The highest BCUT2D eigenvalue weighted by Gasteiger charge is 2.57. The van der Waals surface area contributed by atoms with Crippen LogP contribution >= 0.6 is 0 Å². The molecule has 1 aromatic rings. The number of allylic oxidation sites excluding steroid dienone is 1. The fourth-order valence-corrected chi connectivity index (χ4v) is 8.37. The zero-order valence-corrected chi connectivity index (χ0v) is 17.7. The van der Waals surface area contributed by atoms with Crippen LogP contribution in [0.5, 0.6) is 0 Å². The van der Waals surface area contributed by atoms with E-state index in [0.29, 0.717) is 11.3 Å². The van der Waals surface area contributed by atoms with Crippen molar-refractivity contribution < 1.29 is 5.11 Å². The molecule has 28 heavy (non-hydrogen) atoms. The van der Waals surface area contributed by atoms with Crippen molar-refractivity contribution in [2.75, 3.05) is 0 Å². The Bertz CT molecular complexity index is 726. The normalized spacial score (nSPS) is 47.8. The first-order chi connectivity index (χ1) is 13.4. The fraction of sp³-hybridized carbons (Fsp3) is 0.833. The molecule has 0 bridgehead atoms. The van der Waals surface area contributed by atoms with Crippen LogP contribution < -0.4 is 0 Å². The zero-order chi connectivity index (χ0) is 19.5. The summed E-state index contributed by atoms with van der Waals surface area (Å²) >= 11 is 0. The fourth-order valence-electron chi connectivity index (χ4n) is 8.37. The Morgan fingerprint density at radius 2 is 1.75 bits per heavy atom. The molecule has 1 aromatic heterocycles. The Kier molecular flexibility index (Phi) is 4.50. The first-order valence-corrected chi connectivity index (χ1v) is 11.6. The Hall–Kier alpha value is -1.16. The molecule has 0 aromatic carbocycles. The molecule has 8 atom stereocenters. The molecular formula is C24H37N3O. The summed E-state index contributed by atoms with van der Waals surface area (Å²) < 4.78 is 0. The van der Waals surface area contributed by atoms with Gasteiger partial charge in [0, 0.05) is 0 Å². The summed E-state index contributed by atoms with van der Waals surface area (Å²) in [6.45, 7) is 9.92. The predicted molar refractivity (Wildman–Crippen MR) is 110 cm³/mol. The number of nitrogens with zero attached hydrogens (tertiary/aromatic N) is 3. The molecule has 0 unspecified atom stereocenters. The lowest BCUT2D eigenvalue weighted by atomic mass is 9.49. The van der Waals surface area contributed by atoms with Gasteiger partial charge in [-0.25, -0.2) is 0 Å². The van der Waals surface area contributed by atoms with Gasteiger partial charge in [-0.15, -0.1) is 0 Å². The Morgan fingerprint density at radius 1 is 1.00 bits per heavy atom. The molecule has 5 rings (SSSR count). The van der Waals surface area contributed by atoms with Gasteiger partial charge in [-0.2, -0.15) is 15.0 Å². The summed E-state index contributed by atoms with van der Waals surface area (Å²) in [5.41, 5.74) is 1.34. The van der Waals surface area contributed by atoms with E-state index >= 15 is 0 Å². The van der Waals surface area contributed by atoms with E-state index in [1.165, 1.54) is 50.5 Å². The van der Waals surface area contributed by atoms with E-state index in [0.717, 1.165) is 49.0 Å². The van der Waals surface area contributed by atoms with Crippen LogP contribution in [0.15, 0.2) is 24.5 Å². The van der Waals surface area contributed by atoms with Crippen LogP contribution in [0.2, 0.25) is 0 Å². The molecule has 0 amide bonds. The summed E-state index contributed by atoms with van der Waals surface area (Å²) in [6, 6.07) is 0. The van der Waals surface area contributed by atoms with E-state index in [-0.39, 0.29) is 0 Å². The summed E-state index contributed by atoms with van der Waals surface area (Å²) in [5, 5.41) is 19.2. The highest BCUT2D eigenvalue weighted by Crippen LogP contribution is 2.65. The summed E-state index contributed by atoms with van der Waals surface area (Å²) in [4.78, 5) is 1.80. The number of aliphatic hydroxyl groups is 1. The summed E-state index contributed by atoms with van der Waals surface area (Å²) in [7, 11) is 0. The maximum atomic E-state index is 10.6. The standard InChI is InChI=1S/C24H37N3O/c1-16(15-27-25-12-13-26-27)21-6-7-22-20-5-4-17-14-23(2,28)10-8-18(17)19(20)9-11-24(21,22)3/h12-13,17-22,28H,1,4-11,14-15H2,2-3H3/t17-,18-,19+,20+,21+,22-,23+,24+/m0/s1. The average Bonchev–Trinajstić information content (AvgIpc) is 3.27. The largest absolute Gasteiger partial charge is 0.390 e. The van der Waals surface area contributed by atoms with E-state index in [4.69, 9.17) is 0 Å². The molecule has 0 aliphatic heterocycles. The maximum Gasteiger partial charge on any atom is 0.0817 e. The van der Waals surface area contributed by atoms with Gasteiger partial charge in [-0.1, -0.05) is 19.1 Å². The molecular weight excluding hydrogens is 346 g/mol. The van der Waals surface area contributed by atoms with Crippen molar-refractivity contribution in [2.24, 2.45) is 40.9 Å². The van der Waals surface area contributed by atoms with Crippen LogP contribution in [-0.4, -0.2) is 25.7 Å². The molecule has 0 radical (unpaired) electrons. The minimum Gasteiger partial charge on any atom is -0.390 e. The minimum atomic E-state index is -0.409. The Labute approximate surface area is 169 Å². The van der Waals surface area contributed by atoms with Crippen LogP contribution in [0.1, 0.15) is 71.6 Å². The van der Waals surface area contributed by atoms with Crippen LogP contribution in [0.25, 0.3) is 0 Å². The lowest BCUT2D eigenvalue weighted by Gasteiger charge is -2.57. The van der Waals surface area contributed by atoms with Crippen molar-refractivity contribution in [1.82, 2.24) is 15.0 Å². The number of aromatic nitrogens is 3. The van der Waals surface area contributed by atoms with Gasteiger partial charge >= 0.3 is 0 Å². The number of fused-ring (bicyclic) bond motifs is 5. The molecule has 4 nitrogen and oxygen atoms in total. The molecule has 4 fully saturated rings. The molecule has 4 aliphatic carbocycles. The predicted octanol–water partition coefficient (Wildman–Crippen LogP) is 4.85. The molecule has 0 saturated heterocycles. The molecule has 4 saturated carbocycles. The third-order valence-electron chi connectivity index (χ3n) is 9.54. The zero-order valence-electron chi connectivity index (χ0n) is 17.7. The quantitative estimate of drug-likeness (QED) is 0.759. The lowest BCUT2D eigenvalue weighted by molar-refractivity contribution is -0.0979. The van der Waals surface area contributed by atoms with Gasteiger partial charge in [-0.3, -0.25) is 0 Å². The first kappa shape index (κ1) is 18.8. The average molecular weight is 384 g/mol. The second-order valence-corrected chi connectivity index (χ2v) is 11.1. The van der Waals surface area contributed by atoms with Gasteiger partial charge in [0.05, 0.1) is 24.5 Å². The van der Waals surface area contributed by atoms with E-state index in [2.05, 4.69) is 30.6 Å². The van der Waals surface area contributed by atoms with Gasteiger partial charge in [0.1, 0.15) is 0 Å².